The van der Waals surface area contributed by atoms with Gasteiger partial charge in [0.15, 0.2) is 0 Å². The number of carbonyl (C=O) groups is 1. The topological polar surface area (TPSA) is 52.6 Å². The van der Waals surface area contributed by atoms with E-state index in [0.717, 1.165) is 36.8 Å². The van der Waals surface area contributed by atoms with E-state index in [9.17, 15) is 14.3 Å². The number of hydrogen-bond acceptors (Lipinski definition) is 2. The van der Waals surface area contributed by atoms with Crippen molar-refractivity contribution < 1.29 is 14.3 Å². The summed E-state index contributed by atoms with van der Waals surface area (Å²) in [6.45, 7) is 1.05. The molecule has 0 bridgehead atoms. The van der Waals surface area contributed by atoms with Gasteiger partial charge in [0.2, 0.25) is 0 Å². The zero-order valence-electron chi connectivity index (χ0n) is 16.0. The first-order valence-corrected chi connectivity index (χ1v) is 10.1. The van der Waals surface area contributed by atoms with Gasteiger partial charge >= 0.3 is 6.03 Å². The van der Waals surface area contributed by atoms with Crippen molar-refractivity contribution in [1.82, 2.24) is 5.32 Å². The highest BCUT2D eigenvalue weighted by molar-refractivity contribution is 5.95. The maximum absolute atomic E-state index is 14.7. The molecule has 2 amide bonds. The number of fused-ring (bicyclic) bond motifs is 2. The number of amides is 2. The van der Waals surface area contributed by atoms with Crippen molar-refractivity contribution in [3.8, 4) is 0 Å². The van der Waals surface area contributed by atoms with Crippen LogP contribution < -0.4 is 10.2 Å². The maximum Gasteiger partial charge on any atom is 0.321 e. The summed E-state index contributed by atoms with van der Waals surface area (Å²) < 4.78 is 14.7. The maximum atomic E-state index is 14.7. The van der Waals surface area contributed by atoms with E-state index < -0.39 is 0 Å². The van der Waals surface area contributed by atoms with Crippen LogP contribution in [0.4, 0.5) is 14.9 Å². The van der Waals surface area contributed by atoms with E-state index in [2.05, 4.69) is 5.32 Å². The molecule has 4 rings (SSSR count). The summed E-state index contributed by atoms with van der Waals surface area (Å²) in [5.41, 5.74) is 2.29. The van der Waals surface area contributed by atoms with Crippen LogP contribution in [-0.4, -0.2) is 30.8 Å². The molecule has 1 atom stereocenters. The molecule has 1 heterocycles. The zero-order chi connectivity index (χ0) is 19.6. The summed E-state index contributed by atoms with van der Waals surface area (Å²) in [7, 11) is 0. The molecule has 1 spiro atoms. The molecule has 2 aromatic carbocycles. The number of urea groups is 1. The zero-order valence-corrected chi connectivity index (χ0v) is 16.0. The summed E-state index contributed by atoms with van der Waals surface area (Å²) in [6.07, 6.45) is 4.61. The first-order chi connectivity index (χ1) is 13.6. The van der Waals surface area contributed by atoms with Gasteiger partial charge in [0, 0.05) is 36.6 Å². The Kier molecular flexibility index (Phi) is 5.36. The number of anilines is 1. The minimum absolute atomic E-state index is 0.0465. The number of nitrogens with one attached hydrogen (secondary N) is 1. The predicted octanol–water partition coefficient (Wildman–Crippen LogP) is 4.33. The lowest BCUT2D eigenvalue weighted by Crippen LogP contribution is -2.43. The average molecular weight is 382 g/mol. The minimum Gasteiger partial charge on any atom is -0.396 e. The Labute approximate surface area is 165 Å². The lowest BCUT2D eigenvalue weighted by Gasteiger charge is -2.25. The van der Waals surface area contributed by atoms with Crippen LogP contribution in [0.25, 0.3) is 0 Å². The standard InChI is InChI=1S/C23H27FN2O2/c24-19-9-6-10-20-21(19)23(12-4-5-13-23)16-26(20)22(28)25-15-18(11-14-27)17-7-2-1-3-8-17/h1-3,6-10,18,27H,4-5,11-16H2,(H,25,28). The van der Waals surface area contributed by atoms with Gasteiger partial charge in [-0.3, -0.25) is 4.90 Å². The highest BCUT2D eigenvalue weighted by atomic mass is 19.1. The molecule has 2 N–H and O–H groups in total. The highest BCUT2D eigenvalue weighted by Crippen LogP contribution is 2.51. The molecule has 1 aliphatic heterocycles. The number of carbonyl (C=O) groups excluding carboxylic acids is 1. The van der Waals surface area contributed by atoms with Gasteiger partial charge in [-0.1, -0.05) is 49.2 Å². The van der Waals surface area contributed by atoms with Crippen LogP contribution >= 0.6 is 0 Å². The van der Waals surface area contributed by atoms with Crippen molar-refractivity contribution in [2.75, 3.05) is 24.6 Å². The summed E-state index contributed by atoms with van der Waals surface area (Å²) in [4.78, 5) is 14.7. The molecule has 148 valence electrons. The second-order valence-corrected chi connectivity index (χ2v) is 8.01. The molecule has 1 unspecified atom stereocenters. The quantitative estimate of drug-likeness (QED) is 0.809. The number of aliphatic hydroxyl groups is 1. The fourth-order valence-corrected chi connectivity index (χ4v) is 4.94. The Morgan fingerprint density at radius 3 is 2.61 bits per heavy atom. The predicted molar refractivity (Wildman–Crippen MR) is 108 cm³/mol. The average Bonchev–Trinajstić information content (AvgIpc) is 3.32. The van der Waals surface area contributed by atoms with Crippen molar-refractivity contribution >= 4 is 11.7 Å². The summed E-state index contributed by atoms with van der Waals surface area (Å²) in [5, 5.41) is 12.4. The smallest absolute Gasteiger partial charge is 0.321 e. The molecule has 2 aliphatic rings. The van der Waals surface area contributed by atoms with Gasteiger partial charge in [0.25, 0.3) is 0 Å². The molecule has 28 heavy (non-hydrogen) atoms. The lowest BCUT2D eigenvalue weighted by atomic mass is 9.80. The third-order valence-electron chi connectivity index (χ3n) is 6.33. The molecule has 1 saturated carbocycles. The van der Waals surface area contributed by atoms with Crippen molar-refractivity contribution in [2.24, 2.45) is 0 Å². The minimum atomic E-state index is -0.234. The summed E-state index contributed by atoms with van der Waals surface area (Å²) >= 11 is 0. The monoisotopic (exact) mass is 382 g/mol. The third kappa shape index (κ3) is 3.39. The Morgan fingerprint density at radius 2 is 1.89 bits per heavy atom. The fraction of sp³-hybridized carbons (Fsp3) is 0.435. The van der Waals surface area contributed by atoms with Crippen molar-refractivity contribution in [3.05, 3.63) is 65.5 Å². The molecule has 1 fully saturated rings. The summed E-state index contributed by atoms with van der Waals surface area (Å²) in [5.74, 6) is -0.151. The van der Waals surface area contributed by atoms with Crippen LogP contribution in [0.15, 0.2) is 48.5 Å². The molecule has 1 aliphatic carbocycles. The van der Waals surface area contributed by atoms with Gasteiger partial charge in [-0.2, -0.15) is 0 Å². The van der Waals surface area contributed by atoms with Crippen molar-refractivity contribution in [2.45, 2.75) is 43.4 Å². The molecule has 0 aromatic heterocycles. The lowest BCUT2D eigenvalue weighted by molar-refractivity contribution is 0.241. The second kappa shape index (κ2) is 7.92. The molecule has 0 saturated heterocycles. The number of hydrogen-bond donors (Lipinski definition) is 2. The second-order valence-electron chi connectivity index (χ2n) is 8.01. The molecule has 2 aromatic rings. The van der Waals surface area contributed by atoms with Gasteiger partial charge in [-0.05, 0) is 37.0 Å². The van der Waals surface area contributed by atoms with Crippen LogP contribution in [0.5, 0.6) is 0 Å². The van der Waals surface area contributed by atoms with E-state index in [0.29, 0.717) is 25.2 Å². The van der Waals surface area contributed by atoms with Gasteiger partial charge in [0.05, 0.1) is 5.69 Å². The van der Waals surface area contributed by atoms with E-state index in [4.69, 9.17) is 0 Å². The van der Waals surface area contributed by atoms with E-state index >= 15 is 0 Å². The molecular weight excluding hydrogens is 355 g/mol. The molecule has 5 heteroatoms. The molecule has 4 nitrogen and oxygen atoms in total. The van der Waals surface area contributed by atoms with Crippen molar-refractivity contribution in [1.29, 1.82) is 0 Å². The first kappa shape index (κ1) is 18.9. The normalized spacial score (nSPS) is 18.3. The van der Waals surface area contributed by atoms with Crippen LogP contribution in [0.1, 0.15) is 49.1 Å². The van der Waals surface area contributed by atoms with Crippen LogP contribution in [0.2, 0.25) is 0 Å². The number of rotatable bonds is 5. The van der Waals surface area contributed by atoms with Crippen molar-refractivity contribution in [3.63, 3.8) is 0 Å². The molecule has 0 radical (unpaired) electrons. The number of nitrogens with zero attached hydrogens (tertiary/aromatic N) is 1. The first-order valence-electron chi connectivity index (χ1n) is 10.1. The highest BCUT2D eigenvalue weighted by Gasteiger charge is 2.48. The third-order valence-corrected chi connectivity index (χ3v) is 6.33. The van der Waals surface area contributed by atoms with Crippen LogP contribution in [0.3, 0.4) is 0 Å². The van der Waals surface area contributed by atoms with E-state index in [-0.39, 0.29) is 29.8 Å². The molecular formula is C23H27FN2O2. The Hall–Kier alpha value is -2.40. The Morgan fingerprint density at radius 1 is 1.14 bits per heavy atom. The van der Waals surface area contributed by atoms with Gasteiger partial charge in [-0.25, -0.2) is 9.18 Å². The largest absolute Gasteiger partial charge is 0.396 e. The van der Waals surface area contributed by atoms with Crippen LogP contribution in [0, 0.1) is 5.82 Å². The fourth-order valence-electron chi connectivity index (χ4n) is 4.94. The van der Waals surface area contributed by atoms with E-state index in [1.54, 1.807) is 11.0 Å². The number of halogens is 1. The van der Waals surface area contributed by atoms with Crippen LogP contribution in [-0.2, 0) is 5.41 Å². The summed E-state index contributed by atoms with van der Waals surface area (Å²) in [6, 6.07) is 14.8. The van der Waals surface area contributed by atoms with Gasteiger partial charge < -0.3 is 10.4 Å². The SMILES string of the molecule is O=C(NCC(CCO)c1ccccc1)N1CC2(CCCC2)c2c(F)cccc21. The number of benzene rings is 2. The number of aliphatic hydroxyl groups excluding tert-OH is 1. The Bertz CT molecular complexity index is 834. The van der Waals surface area contributed by atoms with E-state index in [1.165, 1.54) is 6.07 Å². The Balaban J connectivity index is 1.52. The van der Waals surface area contributed by atoms with Gasteiger partial charge in [-0.15, -0.1) is 0 Å². The van der Waals surface area contributed by atoms with E-state index in [1.807, 2.05) is 36.4 Å². The van der Waals surface area contributed by atoms with Gasteiger partial charge in [0.1, 0.15) is 5.82 Å².